The lowest BCUT2D eigenvalue weighted by Crippen LogP contribution is -2.46. The van der Waals surface area contributed by atoms with Gasteiger partial charge in [-0.05, 0) is 44.7 Å². The minimum Gasteiger partial charge on any atom is -0.353 e. The van der Waals surface area contributed by atoms with E-state index in [1.165, 1.54) is 12.8 Å². The number of likely N-dealkylation sites (tertiary alicyclic amines) is 1. The first-order chi connectivity index (χ1) is 14.0. The van der Waals surface area contributed by atoms with Gasteiger partial charge < -0.3 is 15.1 Å². The third-order valence-electron chi connectivity index (χ3n) is 6.70. The maximum absolute atomic E-state index is 13.0. The van der Waals surface area contributed by atoms with E-state index in [0.29, 0.717) is 38.5 Å². The van der Waals surface area contributed by atoms with Crippen LogP contribution in [-0.4, -0.2) is 48.3 Å². The van der Waals surface area contributed by atoms with Crippen molar-refractivity contribution in [2.45, 2.75) is 57.9 Å². The molecule has 3 fully saturated rings. The van der Waals surface area contributed by atoms with Gasteiger partial charge in [-0.3, -0.25) is 14.4 Å². The molecule has 6 nitrogen and oxygen atoms in total. The summed E-state index contributed by atoms with van der Waals surface area (Å²) in [7, 11) is 0. The van der Waals surface area contributed by atoms with E-state index in [4.69, 9.17) is 0 Å². The molecule has 3 amide bonds. The van der Waals surface area contributed by atoms with Crippen molar-refractivity contribution >= 4 is 23.4 Å². The maximum atomic E-state index is 13.0. The van der Waals surface area contributed by atoms with Crippen molar-refractivity contribution in [3.8, 4) is 0 Å². The zero-order valence-electron chi connectivity index (χ0n) is 17.2. The van der Waals surface area contributed by atoms with E-state index in [2.05, 4.69) is 5.32 Å². The van der Waals surface area contributed by atoms with Gasteiger partial charge in [-0.1, -0.05) is 30.5 Å². The zero-order valence-corrected chi connectivity index (χ0v) is 17.2. The number of nitrogens with zero attached hydrogens (tertiary/aromatic N) is 2. The highest BCUT2D eigenvalue weighted by molar-refractivity contribution is 6.00. The Morgan fingerprint density at radius 1 is 0.966 bits per heavy atom. The number of amides is 3. The minimum absolute atomic E-state index is 0.00826. The Bertz CT molecular complexity index is 762. The maximum Gasteiger partial charge on any atom is 0.228 e. The monoisotopic (exact) mass is 397 g/mol. The lowest BCUT2D eigenvalue weighted by Gasteiger charge is -2.33. The van der Waals surface area contributed by atoms with Crippen LogP contribution >= 0.6 is 0 Å². The fraction of sp³-hybridized carbons (Fsp3) is 0.609. The van der Waals surface area contributed by atoms with Crippen LogP contribution < -0.4 is 10.2 Å². The molecule has 6 heteroatoms. The molecule has 2 heterocycles. The number of benzene rings is 1. The highest BCUT2D eigenvalue weighted by Gasteiger charge is 2.38. The predicted octanol–water partition coefficient (Wildman–Crippen LogP) is 2.65. The number of hydrogen-bond acceptors (Lipinski definition) is 3. The van der Waals surface area contributed by atoms with Crippen molar-refractivity contribution in [2.75, 3.05) is 24.5 Å². The van der Waals surface area contributed by atoms with E-state index in [9.17, 15) is 14.4 Å². The zero-order chi connectivity index (χ0) is 20.4. The Hall–Kier alpha value is -2.37. The molecular formula is C23H31N3O3. The third-order valence-corrected chi connectivity index (χ3v) is 6.70. The summed E-state index contributed by atoms with van der Waals surface area (Å²) >= 11 is 0. The molecule has 1 saturated carbocycles. The van der Waals surface area contributed by atoms with E-state index < -0.39 is 0 Å². The van der Waals surface area contributed by atoms with E-state index >= 15 is 0 Å². The van der Waals surface area contributed by atoms with Gasteiger partial charge >= 0.3 is 0 Å². The Balaban J connectivity index is 1.29. The van der Waals surface area contributed by atoms with E-state index in [1.54, 1.807) is 4.90 Å². The Kier molecular flexibility index (Phi) is 5.88. The van der Waals surface area contributed by atoms with Crippen molar-refractivity contribution in [1.82, 2.24) is 10.2 Å². The van der Waals surface area contributed by atoms with E-state index in [1.807, 2.05) is 36.1 Å². The first kappa shape index (κ1) is 19.9. The van der Waals surface area contributed by atoms with Crippen molar-refractivity contribution < 1.29 is 14.4 Å². The van der Waals surface area contributed by atoms with Gasteiger partial charge in [0.1, 0.15) is 0 Å². The summed E-state index contributed by atoms with van der Waals surface area (Å²) < 4.78 is 0. The minimum atomic E-state index is -0.285. The summed E-state index contributed by atoms with van der Waals surface area (Å²) in [6.07, 6.45) is 6.30. The number of nitrogens with one attached hydrogen (secondary N) is 1. The van der Waals surface area contributed by atoms with Crippen molar-refractivity contribution in [3.63, 3.8) is 0 Å². The standard InChI is InChI=1S/C23H31N3O3/c1-16-6-8-20(9-7-16)26-15-18(14-21(26)27)23(29)25-12-10-17(11-13-25)22(28)24-19-4-2-3-5-19/h6-9,17-19H,2-5,10-15H2,1H3,(H,24,28)/t18-/m0/s1. The lowest BCUT2D eigenvalue weighted by molar-refractivity contribution is -0.139. The van der Waals surface area contributed by atoms with Crippen LogP contribution in [0.5, 0.6) is 0 Å². The Morgan fingerprint density at radius 3 is 2.28 bits per heavy atom. The number of carbonyl (C=O) groups is 3. The molecule has 0 spiro atoms. The second-order valence-electron chi connectivity index (χ2n) is 8.83. The number of piperidine rings is 1. The predicted molar refractivity (Wildman–Crippen MR) is 111 cm³/mol. The smallest absolute Gasteiger partial charge is 0.228 e. The van der Waals surface area contributed by atoms with Gasteiger partial charge in [-0.25, -0.2) is 0 Å². The molecule has 1 N–H and O–H groups in total. The fourth-order valence-electron chi connectivity index (χ4n) is 4.86. The summed E-state index contributed by atoms with van der Waals surface area (Å²) in [6.45, 7) is 3.68. The molecule has 1 aromatic rings. The van der Waals surface area contributed by atoms with Gasteiger partial charge in [0.15, 0.2) is 0 Å². The molecule has 2 aliphatic heterocycles. The van der Waals surface area contributed by atoms with E-state index in [0.717, 1.165) is 24.1 Å². The summed E-state index contributed by atoms with van der Waals surface area (Å²) in [5.41, 5.74) is 2.01. The second-order valence-corrected chi connectivity index (χ2v) is 8.83. The van der Waals surface area contributed by atoms with Gasteiger partial charge in [0.05, 0.1) is 5.92 Å². The summed E-state index contributed by atoms with van der Waals surface area (Å²) in [5, 5.41) is 3.19. The van der Waals surface area contributed by atoms with Crippen LogP contribution in [0.25, 0.3) is 0 Å². The van der Waals surface area contributed by atoms with Crippen molar-refractivity contribution in [3.05, 3.63) is 29.8 Å². The number of anilines is 1. The quantitative estimate of drug-likeness (QED) is 0.849. The summed E-state index contributed by atoms with van der Waals surface area (Å²) in [5.74, 6) is -0.0483. The average molecular weight is 398 g/mol. The lowest BCUT2D eigenvalue weighted by atomic mass is 9.94. The van der Waals surface area contributed by atoms with Crippen LogP contribution in [0.3, 0.4) is 0 Å². The third kappa shape index (κ3) is 4.46. The molecule has 0 unspecified atom stereocenters. The Morgan fingerprint density at radius 2 is 1.62 bits per heavy atom. The number of hydrogen-bond donors (Lipinski definition) is 1. The number of carbonyl (C=O) groups excluding carboxylic acids is 3. The molecule has 0 radical (unpaired) electrons. The number of rotatable bonds is 4. The highest BCUT2D eigenvalue weighted by atomic mass is 16.2. The largest absolute Gasteiger partial charge is 0.353 e. The van der Waals surface area contributed by atoms with Gasteiger partial charge in [0, 0.05) is 43.7 Å². The molecule has 2 saturated heterocycles. The molecule has 1 aromatic carbocycles. The van der Waals surface area contributed by atoms with Gasteiger partial charge in [-0.2, -0.15) is 0 Å². The molecule has 4 rings (SSSR count). The second kappa shape index (κ2) is 8.56. The molecule has 156 valence electrons. The molecule has 1 atom stereocenters. The molecule has 0 aromatic heterocycles. The SMILES string of the molecule is Cc1ccc(N2C[C@@H](C(=O)N3CCC(C(=O)NC4CCCC4)CC3)CC2=O)cc1. The van der Waals surface area contributed by atoms with Crippen LogP contribution in [0.15, 0.2) is 24.3 Å². The normalized spacial score (nSPS) is 23.6. The van der Waals surface area contributed by atoms with Crippen LogP contribution in [0, 0.1) is 18.8 Å². The van der Waals surface area contributed by atoms with Crippen LogP contribution in [0.4, 0.5) is 5.69 Å². The first-order valence-electron chi connectivity index (χ1n) is 11.0. The van der Waals surface area contributed by atoms with Crippen LogP contribution in [-0.2, 0) is 14.4 Å². The van der Waals surface area contributed by atoms with E-state index in [-0.39, 0.29) is 36.0 Å². The van der Waals surface area contributed by atoms with Crippen molar-refractivity contribution in [1.29, 1.82) is 0 Å². The first-order valence-corrected chi connectivity index (χ1v) is 11.0. The molecule has 1 aliphatic carbocycles. The number of aryl methyl sites for hydroxylation is 1. The molecule has 0 bridgehead atoms. The van der Waals surface area contributed by atoms with Crippen LogP contribution in [0.1, 0.15) is 50.5 Å². The average Bonchev–Trinajstić information content (AvgIpc) is 3.38. The van der Waals surface area contributed by atoms with Gasteiger partial charge in [0.2, 0.25) is 17.7 Å². The highest BCUT2D eigenvalue weighted by Crippen LogP contribution is 2.28. The molecule has 29 heavy (non-hydrogen) atoms. The van der Waals surface area contributed by atoms with Gasteiger partial charge in [0.25, 0.3) is 0 Å². The van der Waals surface area contributed by atoms with Crippen LogP contribution in [0.2, 0.25) is 0 Å². The Labute approximate surface area is 172 Å². The summed E-state index contributed by atoms with van der Waals surface area (Å²) in [4.78, 5) is 41.5. The molecule has 3 aliphatic rings. The fourth-order valence-corrected chi connectivity index (χ4v) is 4.86. The van der Waals surface area contributed by atoms with Gasteiger partial charge in [-0.15, -0.1) is 0 Å². The molecular weight excluding hydrogens is 366 g/mol. The van der Waals surface area contributed by atoms with Crippen molar-refractivity contribution in [2.24, 2.45) is 11.8 Å². The summed E-state index contributed by atoms with van der Waals surface area (Å²) in [6, 6.07) is 8.20. The topological polar surface area (TPSA) is 69.7 Å².